The van der Waals surface area contributed by atoms with Crippen molar-refractivity contribution in [2.24, 2.45) is 28.3 Å². The number of guanidine groups is 1. The smallest absolute Gasteiger partial charge is 0.330 e. The Bertz CT molecular complexity index is 2220. The second-order valence-electron chi connectivity index (χ2n) is 20.9. The zero-order valence-corrected chi connectivity index (χ0v) is 45.7. The first-order chi connectivity index (χ1) is 37.1. The second kappa shape index (κ2) is 32.1. The van der Waals surface area contributed by atoms with E-state index in [2.05, 4.69) is 43.5 Å². The number of H-pyrrole nitrogens is 1. The van der Waals surface area contributed by atoms with Gasteiger partial charge >= 0.3 is 23.7 Å². The number of aromatic amines is 1. The van der Waals surface area contributed by atoms with Gasteiger partial charge in [-0.3, -0.25) is 38.6 Å². The summed E-state index contributed by atoms with van der Waals surface area (Å²) in [6, 6.07) is -7.02. The zero-order valence-electron chi connectivity index (χ0n) is 45.7. The molecule has 7 unspecified atom stereocenters. The summed E-state index contributed by atoms with van der Waals surface area (Å²) in [4.78, 5) is 99.8. The van der Waals surface area contributed by atoms with Crippen molar-refractivity contribution >= 4 is 35.7 Å². The van der Waals surface area contributed by atoms with Gasteiger partial charge in [0.05, 0.1) is 12.1 Å². The maximum Gasteiger partial charge on any atom is 0.330 e. The van der Waals surface area contributed by atoms with Crippen molar-refractivity contribution in [2.45, 2.75) is 203 Å². The molecule has 4 rings (SSSR count). The summed E-state index contributed by atoms with van der Waals surface area (Å²) in [5.41, 5.74) is 10.1. The van der Waals surface area contributed by atoms with E-state index in [0.29, 0.717) is 12.8 Å². The Balaban J connectivity index is 1.63. The number of carbonyl (C=O) groups excluding carboxylic acids is 3. The van der Waals surface area contributed by atoms with Crippen LogP contribution < -0.4 is 49.3 Å². The molecule has 0 spiro atoms. The van der Waals surface area contributed by atoms with Crippen molar-refractivity contribution in [1.82, 2.24) is 41.0 Å². The molecular formula is C50H87N11O17. The molecule has 3 aliphatic heterocycles. The topological polar surface area (TPSA) is 426 Å². The molecule has 2 fully saturated rings. The Hall–Kier alpha value is -5.30. The number of carboxylic acids is 2. The Morgan fingerprint density at radius 1 is 0.846 bits per heavy atom. The van der Waals surface area contributed by atoms with E-state index >= 15 is 0 Å². The normalized spacial score (nSPS) is 25.6. The number of nitrogens with zero attached hydrogens (tertiary/aromatic N) is 3. The van der Waals surface area contributed by atoms with Crippen molar-refractivity contribution in [2.75, 3.05) is 39.8 Å². The zero-order chi connectivity index (χ0) is 57.8. The number of aliphatic hydroxyl groups excluding tert-OH is 4. The number of unbranched alkanes of at least 4 members (excludes halogenated alkanes) is 9. The largest absolute Gasteiger partial charge is 0.480 e. The number of aliphatic hydroxyl groups is 4. The minimum absolute atomic E-state index is 0.0277. The number of urea groups is 1. The molecule has 28 nitrogen and oxygen atoms in total. The van der Waals surface area contributed by atoms with Crippen LogP contribution in [0, 0.1) is 11.8 Å². The van der Waals surface area contributed by atoms with Crippen LogP contribution in [0.1, 0.15) is 118 Å². The molecule has 0 radical (unpaired) electrons. The van der Waals surface area contributed by atoms with Crippen LogP contribution in [0.3, 0.4) is 0 Å². The number of aliphatic imine (C=N–C) groups is 1. The molecule has 0 aliphatic carbocycles. The van der Waals surface area contributed by atoms with E-state index in [4.69, 9.17) is 30.4 Å². The molecule has 0 aromatic carbocycles. The Kier molecular flexibility index (Phi) is 26.8. The Morgan fingerprint density at radius 3 is 2.05 bits per heavy atom. The second-order valence-corrected chi connectivity index (χ2v) is 20.9. The number of carboxylic acid groups (broad SMARTS) is 2. The van der Waals surface area contributed by atoms with Crippen LogP contribution in [-0.2, 0) is 38.1 Å². The highest BCUT2D eigenvalue weighted by Gasteiger charge is 2.55. The lowest BCUT2D eigenvalue weighted by Crippen LogP contribution is -2.66. The minimum Gasteiger partial charge on any atom is -0.480 e. The van der Waals surface area contributed by atoms with Gasteiger partial charge in [-0.15, -0.1) is 0 Å². The highest BCUT2D eigenvalue weighted by Crippen LogP contribution is 2.36. The summed E-state index contributed by atoms with van der Waals surface area (Å²) in [5.74, 6) is -5.71. The van der Waals surface area contributed by atoms with Gasteiger partial charge < -0.3 is 87.6 Å². The van der Waals surface area contributed by atoms with E-state index in [1.54, 1.807) is 32.6 Å². The van der Waals surface area contributed by atoms with Gasteiger partial charge in [-0.2, -0.15) is 0 Å². The van der Waals surface area contributed by atoms with Gasteiger partial charge in [0, 0.05) is 45.6 Å². The van der Waals surface area contributed by atoms with E-state index < -0.39 is 144 Å². The van der Waals surface area contributed by atoms with Gasteiger partial charge in [0.2, 0.25) is 11.8 Å². The molecule has 4 amide bonds. The number of hydrogen-bond acceptors (Lipinski definition) is 20. The average Bonchev–Trinajstić information content (AvgIpc) is 3.88. The number of ether oxygens (including phenoxy) is 4. The predicted octanol–water partition coefficient (Wildman–Crippen LogP) is -2.26. The molecule has 0 saturated carbocycles. The summed E-state index contributed by atoms with van der Waals surface area (Å²) in [6.07, 6.45) is -4.51. The maximum absolute atomic E-state index is 14.2. The van der Waals surface area contributed by atoms with Crippen LogP contribution in [-0.4, -0.2) is 206 Å². The fourth-order valence-electron chi connectivity index (χ4n) is 9.86. The molecule has 3 aliphatic rings. The molecule has 1 aromatic heterocycles. The lowest BCUT2D eigenvalue weighted by molar-refractivity contribution is -0.238. The first-order valence-corrected chi connectivity index (χ1v) is 27.2. The van der Waals surface area contributed by atoms with Gasteiger partial charge in [-0.05, 0) is 37.6 Å². The summed E-state index contributed by atoms with van der Waals surface area (Å²) < 4.78 is 24.8. The van der Waals surface area contributed by atoms with Gasteiger partial charge in [-0.25, -0.2) is 14.4 Å². The lowest BCUT2D eigenvalue weighted by Gasteiger charge is -2.39. The quantitative estimate of drug-likeness (QED) is 0.0324. The molecule has 444 valence electrons. The van der Waals surface area contributed by atoms with E-state index in [1.165, 1.54) is 20.0 Å². The van der Waals surface area contributed by atoms with Gasteiger partial charge in [0.25, 0.3) is 5.56 Å². The summed E-state index contributed by atoms with van der Waals surface area (Å²) in [5, 5.41) is 79.4. The van der Waals surface area contributed by atoms with Crippen molar-refractivity contribution in [1.29, 1.82) is 0 Å². The molecule has 16 N–H and O–H groups in total. The predicted molar refractivity (Wildman–Crippen MR) is 282 cm³/mol. The van der Waals surface area contributed by atoms with Gasteiger partial charge in [0.1, 0.15) is 66.9 Å². The molecule has 0 bridgehead atoms. The Labute approximate surface area is 453 Å². The molecular weight excluding hydrogens is 1030 g/mol. The van der Waals surface area contributed by atoms with Crippen LogP contribution >= 0.6 is 0 Å². The number of aromatic nitrogens is 2. The number of nitrogens with two attached hydrogens (primary N) is 2. The SMILES string of the molecule is CCCCCCCCCCCCN(CCCNC(=O)C(NC(=O)C(NC(=O)NC(C(=O)O)C(C)C)C1CCN=C(N)N1)C(O)C(C)C)C(C(=O)O)[C@@H](OC1O[C@H](CN)[C@H](O)[C@H]1OC)[C@H]1O[C@@H](n2ccc(=O)[nH]c2=O)[C@H](O)[C@@H]1O. The molecule has 78 heavy (non-hydrogen) atoms. The third-order valence-electron chi connectivity index (χ3n) is 14.3. The summed E-state index contributed by atoms with van der Waals surface area (Å²) in [7, 11) is 1.27. The highest BCUT2D eigenvalue weighted by atomic mass is 16.7. The first-order valence-electron chi connectivity index (χ1n) is 27.2. The van der Waals surface area contributed by atoms with Crippen LogP contribution in [0.5, 0.6) is 0 Å². The Morgan fingerprint density at radius 2 is 1.49 bits per heavy atom. The van der Waals surface area contributed by atoms with Crippen molar-refractivity contribution in [3.05, 3.63) is 33.1 Å². The lowest BCUT2D eigenvalue weighted by atomic mass is 9.96. The van der Waals surface area contributed by atoms with Crippen LogP contribution in [0.25, 0.3) is 0 Å². The number of methoxy groups -OCH3 is 1. The van der Waals surface area contributed by atoms with E-state index in [0.717, 1.165) is 55.4 Å². The molecule has 2 saturated heterocycles. The summed E-state index contributed by atoms with van der Waals surface area (Å²) in [6.45, 7) is 8.41. The number of hydrogen-bond donors (Lipinski definition) is 14. The van der Waals surface area contributed by atoms with Gasteiger partial charge in [0.15, 0.2) is 18.5 Å². The van der Waals surface area contributed by atoms with E-state index in [1.807, 2.05) is 0 Å². The monoisotopic (exact) mass is 1110 g/mol. The molecule has 28 heteroatoms. The fraction of sp³-hybridized carbons (Fsp3) is 0.800. The average molecular weight is 1110 g/mol. The van der Waals surface area contributed by atoms with E-state index in [-0.39, 0.29) is 51.5 Å². The maximum atomic E-state index is 14.2. The molecule has 15 atom stereocenters. The standard InChI is InChI=1S/C50H87N11O17/c1-7-8-9-10-11-12-13-14-15-16-22-60(34(46(71)72)39(78-47-41(75-6)36(64)29(25-51)76-47)40-37(65)38(66)44(77-40)61-24-19-30(62)56-50(61)74)23-17-20-53-42(67)33(35(63)27(4)5)57-43(68)32(28-18-21-54-48(52)55-28)59-49(73)58-31(26(2)3)45(69)70/h19,24,26-29,31-41,44,47,63-66H,7-18,20-23,25,51H2,1-6H3,(H,53,67)(H,57,68)(H,69,70)(H,71,72)(H3,52,54,55)(H,56,62,74)(H2,58,59,73)/t28?,29-,31?,32?,33?,34?,35?,36+,37+,38-,39-,40+,41-,44-,47?/m1/s1. The van der Waals surface area contributed by atoms with Crippen molar-refractivity contribution in [3.63, 3.8) is 0 Å². The first kappa shape index (κ1) is 65.2. The fourth-order valence-corrected chi connectivity index (χ4v) is 9.86. The summed E-state index contributed by atoms with van der Waals surface area (Å²) >= 11 is 0. The van der Waals surface area contributed by atoms with Crippen LogP contribution in [0.15, 0.2) is 26.8 Å². The number of nitrogens with one attached hydrogen (secondary N) is 6. The number of carbonyl (C=O) groups is 5. The van der Waals surface area contributed by atoms with Gasteiger partial charge in [-0.1, -0.05) is 92.4 Å². The third kappa shape index (κ3) is 18.4. The van der Waals surface area contributed by atoms with Crippen LogP contribution in [0.4, 0.5) is 4.79 Å². The third-order valence-corrected chi connectivity index (χ3v) is 14.3. The highest BCUT2D eigenvalue weighted by molar-refractivity contribution is 5.94. The number of rotatable bonds is 34. The number of aliphatic carboxylic acids is 2. The van der Waals surface area contributed by atoms with E-state index in [9.17, 15) is 64.2 Å². The molecule has 1 aromatic rings. The molecule has 4 heterocycles. The minimum atomic E-state index is -1.92. The van der Waals surface area contributed by atoms with Crippen LogP contribution in [0.2, 0.25) is 0 Å². The van der Waals surface area contributed by atoms with Crippen molar-refractivity contribution < 1.29 is 73.6 Å². The number of amides is 4. The van der Waals surface area contributed by atoms with Crippen molar-refractivity contribution in [3.8, 4) is 0 Å².